The Morgan fingerprint density at radius 2 is 2.30 bits per heavy atom. The number of hydrogen-bond donors (Lipinski definition) is 1. The standard InChI is InChI=1S/C15H13BrFN3O2S/c1-8-5-18-15-20(14(8)22)6-9(7-23-15)13(21)19-12-3-2-10(16)4-11(12)17/h2-5,9H,6-7H2,1H3,(H,19,21). The molecule has 1 aliphatic rings. The molecule has 23 heavy (non-hydrogen) atoms. The summed E-state index contributed by atoms with van der Waals surface area (Å²) in [5, 5.41) is 3.20. The van der Waals surface area contributed by atoms with E-state index in [1.54, 1.807) is 19.2 Å². The molecule has 0 spiro atoms. The minimum absolute atomic E-state index is 0.128. The molecule has 1 aliphatic heterocycles. The Morgan fingerprint density at radius 3 is 3.04 bits per heavy atom. The maximum Gasteiger partial charge on any atom is 0.257 e. The molecule has 8 heteroatoms. The van der Waals surface area contributed by atoms with Gasteiger partial charge in [-0.1, -0.05) is 27.7 Å². The predicted octanol–water partition coefficient (Wildman–Crippen LogP) is 2.81. The normalized spacial score (nSPS) is 16.7. The van der Waals surface area contributed by atoms with Crippen LogP contribution in [0.1, 0.15) is 5.56 Å². The number of amides is 1. The van der Waals surface area contributed by atoms with Gasteiger partial charge < -0.3 is 5.32 Å². The second-order valence-corrected chi connectivity index (χ2v) is 7.16. The van der Waals surface area contributed by atoms with Crippen molar-refractivity contribution in [3.63, 3.8) is 0 Å². The third-order valence-corrected chi connectivity index (χ3v) is 5.20. The zero-order chi connectivity index (χ0) is 16.6. The van der Waals surface area contributed by atoms with Gasteiger partial charge in [0.05, 0.1) is 11.6 Å². The number of aromatic nitrogens is 2. The number of anilines is 1. The lowest BCUT2D eigenvalue weighted by atomic mass is 10.1. The van der Waals surface area contributed by atoms with Gasteiger partial charge in [-0.05, 0) is 25.1 Å². The Bertz CT molecular complexity index is 840. The average molecular weight is 398 g/mol. The van der Waals surface area contributed by atoms with Crippen molar-refractivity contribution in [2.75, 3.05) is 11.1 Å². The minimum atomic E-state index is -0.508. The molecular weight excluding hydrogens is 385 g/mol. The van der Waals surface area contributed by atoms with Crippen molar-refractivity contribution in [2.45, 2.75) is 18.6 Å². The van der Waals surface area contributed by atoms with Crippen molar-refractivity contribution in [1.29, 1.82) is 0 Å². The molecule has 5 nitrogen and oxygen atoms in total. The zero-order valence-electron chi connectivity index (χ0n) is 12.2. The third kappa shape index (κ3) is 3.32. The molecule has 0 bridgehead atoms. The number of hydrogen-bond acceptors (Lipinski definition) is 4. The summed E-state index contributed by atoms with van der Waals surface area (Å²) in [5.41, 5.74) is 0.521. The van der Waals surface area contributed by atoms with Crippen LogP contribution in [0.5, 0.6) is 0 Å². The second kappa shape index (κ2) is 6.45. The summed E-state index contributed by atoms with van der Waals surface area (Å²) in [7, 11) is 0. The van der Waals surface area contributed by atoms with Gasteiger partial charge in [0, 0.05) is 28.5 Å². The molecule has 0 saturated carbocycles. The number of nitrogens with one attached hydrogen (secondary N) is 1. The maximum absolute atomic E-state index is 13.8. The summed E-state index contributed by atoms with van der Waals surface area (Å²) in [6.07, 6.45) is 1.54. The van der Waals surface area contributed by atoms with Crippen molar-refractivity contribution in [3.05, 3.63) is 50.6 Å². The van der Waals surface area contributed by atoms with Crippen molar-refractivity contribution < 1.29 is 9.18 Å². The van der Waals surface area contributed by atoms with Gasteiger partial charge in [0.15, 0.2) is 5.16 Å². The number of aryl methyl sites for hydroxylation is 1. The minimum Gasteiger partial charge on any atom is -0.323 e. The van der Waals surface area contributed by atoms with Gasteiger partial charge in [-0.25, -0.2) is 9.37 Å². The van der Waals surface area contributed by atoms with Gasteiger partial charge in [0.25, 0.3) is 5.56 Å². The van der Waals surface area contributed by atoms with E-state index >= 15 is 0 Å². The van der Waals surface area contributed by atoms with Crippen molar-refractivity contribution >= 4 is 39.3 Å². The lowest BCUT2D eigenvalue weighted by Gasteiger charge is -2.24. The smallest absolute Gasteiger partial charge is 0.257 e. The number of carbonyl (C=O) groups is 1. The first-order chi connectivity index (χ1) is 11.0. The van der Waals surface area contributed by atoms with Crippen LogP contribution in [-0.2, 0) is 11.3 Å². The van der Waals surface area contributed by atoms with Gasteiger partial charge in [0.2, 0.25) is 5.91 Å². The first-order valence-corrected chi connectivity index (χ1v) is 8.68. The lowest BCUT2D eigenvalue weighted by Crippen LogP contribution is -2.37. The van der Waals surface area contributed by atoms with Crippen LogP contribution in [0.4, 0.5) is 10.1 Å². The monoisotopic (exact) mass is 397 g/mol. The van der Waals surface area contributed by atoms with Crippen LogP contribution < -0.4 is 10.9 Å². The summed E-state index contributed by atoms with van der Waals surface area (Å²) in [6, 6.07) is 4.44. The fourth-order valence-electron chi connectivity index (χ4n) is 2.29. The van der Waals surface area contributed by atoms with E-state index in [0.717, 1.165) is 0 Å². The van der Waals surface area contributed by atoms with E-state index < -0.39 is 11.7 Å². The number of nitrogens with zero attached hydrogens (tertiary/aromatic N) is 2. The van der Waals surface area contributed by atoms with E-state index in [2.05, 4.69) is 26.2 Å². The Balaban J connectivity index is 1.79. The molecule has 3 rings (SSSR count). The molecule has 1 amide bonds. The highest BCUT2D eigenvalue weighted by molar-refractivity contribution is 9.10. The molecule has 120 valence electrons. The van der Waals surface area contributed by atoms with Gasteiger partial charge in [-0.15, -0.1) is 0 Å². The number of halogens is 2. The number of benzene rings is 1. The number of carbonyl (C=O) groups excluding carboxylic acids is 1. The van der Waals surface area contributed by atoms with Gasteiger partial charge >= 0.3 is 0 Å². The number of fused-ring (bicyclic) bond motifs is 1. The molecule has 1 unspecified atom stereocenters. The van der Waals surface area contributed by atoms with Crippen molar-refractivity contribution in [3.8, 4) is 0 Å². The fraction of sp³-hybridized carbons (Fsp3) is 0.267. The Kier molecular flexibility index (Phi) is 4.54. The van der Waals surface area contributed by atoms with Gasteiger partial charge in [0.1, 0.15) is 5.82 Å². The summed E-state index contributed by atoms with van der Waals surface area (Å²) in [5.74, 6) is -0.736. The van der Waals surface area contributed by atoms with E-state index in [1.165, 1.54) is 28.5 Å². The second-order valence-electron chi connectivity index (χ2n) is 5.26. The van der Waals surface area contributed by atoms with Gasteiger partial charge in [-0.2, -0.15) is 0 Å². The molecule has 0 saturated heterocycles. The lowest BCUT2D eigenvalue weighted by molar-refractivity contribution is -0.119. The van der Waals surface area contributed by atoms with Crippen LogP contribution in [0.25, 0.3) is 0 Å². The molecule has 0 aliphatic carbocycles. The van der Waals surface area contributed by atoms with Crippen LogP contribution in [0.2, 0.25) is 0 Å². The largest absolute Gasteiger partial charge is 0.323 e. The van der Waals surface area contributed by atoms with Crippen LogP contribution >= 0.6 is 27.7 Å². The van der Waals surface area contributed by atoms with Crippen LogP contribution in [0, 0.1) is 18.7 Å². The maximum atomic E-state index is 13.8. The van der Waals surface area contributed by atoms with Crippen LogP contribution in [-0.4, -0.2) is 21.2 Å². The predicted molar refractivity (Wildman–Crippen MR) is 90.2 cm³/mol. The zero-order valence-corrected chi connectivity index (χ0v) is 14.6. The number of rotatable bonds is 2. The quantitative estimate of drug-likeness (QED) is 0.791. The first-order valence-electron chi connectivity index (χ1n) is 6.91. The highest BCUT2D eigenvalue weighted by Gasteiger charge is 2.27. The molecule has 1 aromatic heterocycles. The highest BCUT2D eigenvalue weighted by atomic mass is 79.9. The number of thioether (sulfide) groups is 1. The topological polar surface area (TPSA) is 64.0 Å². The SMILES string of the molecule is Cc1cnc2n(c1=O)CC(C(=O)Nc1ccc(Br)cc1F)CS2. The Hall–Kier alpha value is -1.67. The molecule has 2 aromatic rings. The van der Waals surface area contributed by atoms with Crippen LogP contribution in [0.3, 0.4) is 0 Å². The van der Waals surface area contributed by atoms with Crippen molar-refractivity contribution in [1.82, 2.24) is 9.55 Å². The summed E-state index contributed by atoms with van der Waals surface area (Å²) in [4.78, 5) is 28.7. The van der Waals surface area contributed by atoms with Gasteiger partial charge in [-0.3, -0.25) is 14.2 Å². The highest BCUT2D eigenvalue weighted by Crippen LogP contribution is 2.26. The van der Waals surface area contributed by atoms with E-state index in [-0.39, 0.29) is 23.7 Å². The van der Waals surface area contributed by atoms with E-state index in [0.29, 0.717) is 20.9 Å². The van der Waals surface area contributed by atoms with Crippen LogP contribution in [0.15, 0.2) is 38.8 Å². The average Bonchev–Trinajstić information content (AvgIpc) is 2.53. The fourth-order valence-corrected chi connectivity index (χ4v) is 3.67. The summed E-state index contributed by atoms with van der Waals surface area (Å²) >= 11 is 4.53. The molecule has 0 fully saturated rings. The molecule has 1 atom stereocenters. The Labute approximate surface area is 144 Å². The molecule has 0 radical (unpaired) electrons. The molecule has 1 aromatic carbocycles. The van der Waals surface area contributed by atoms with E-state index in [1.807, 2.05) is 0 Å². The molecule has 1 N–H and O–H groups in total. The van der Waals surface area contributed by atoms with Crippen molar-refractivity contribution in [2.24, 2.45) is 5.92 Å². The van der Waals surface area contributed by atoms with E-state index in [9.17, 15) is 14.0 Å². The molecular formula is C15H13BrFN3O2S. The summed E-state index contributed by atoms with van der Waals surface area (Å²) in [6.45, 7) is 1.94. The third-order valence-electron chi connectivity index (χ3n) is 3.56. The molecule has 2 heterocycles. The summed E-state index contributed by atoms with van der Waals surface area (Å²) < 4.78 is 15.9. The Morgan fingerprint density at radius 1 is 1.52 bits per heavy atom. The van der Waals surface area contributed by atoms with E-state index in [4.69, 9.17) is 0 Å². The first kappa shape index (κ1) is 16.2.